The summed E-state index contributed by atoms with van der Waals surface area (Å²) in [6.45, 7) is 4.98. The summed E-state index contributed by atoms with van der Waals surface area (Å²) in [6.07, 6.45) is 0. The minimum absolute atomic E-state index is 0.107. The molecule has 1 heterocycles. The molecule has 1 N–H and O–H groups in total. The van der Waals surface area contributed by atoms with E-state index in [1.54, 1.807) is 36.2 Å². The molecule has 5 nitrogen and oxygen atoms in total. The van der Waals surface area contributed by atoms with Gasteiger partial charge in [0.1, 0.15) is 12.4 Å². The van der Waals surface area contributed by atoms with Gasteiger partial charge in [-0.3, -0.25) is 9.59 Å². The van der Waals surface area contributed by atoms with E-state index in [1.165, 1.54) is 0 Å². The van der Waals surface area contributed by atoms with Gasteiger partial charge in [-0.2, -0.15) is 0 Å². The molecular weight excluding hydrogens is 304 g/mol. The fraction of sp³-hybridized carbons (Fsp3) is 0.263. The first kappa shape index (κ1) is 16.1. The largest absolute Gasteiger partial charge is 0.491 e. The van der Waals surface area contributed by atoms with Crippen molar-refractivity contribution in [1.29, 1.82) is 0 Å². The van der Waals surface area contributed by atoms with E-state index >= 15 is 0 Å². The topological polar surface area (TPSA) is 58.6 Å². The van der Waals surface area contributed by atoms with Crippen molar-refractivity contribution in [3.8, 4) is 5.75 Å². The lowest BCUT2D eigenvalue weighted by atomic mass is 10.1. The highest BCUT2D eigenvalue weighted by Crippen LogP contribution is 2.26. The average Bonchev–Trinajstić information content (AvgIpc) is 2.70. The second-order valence-corrected chi connectivity index (χ2v) is 6.04. The molecule has 0 radical (unpaired) electrons. The van der Waals surface area contributed by atoms with Crippen molar-refractivity contribution in [3.63, 3.8) is 0 Å². The molecule has 5 heteroatoms. The highest BCUT2D eigenvalue weighted by atomic mass is 16.5. The molecule has 0 aromatic heterocycles. The van der Waals surface area contributed by atoms with Gasteiger partial charge >= 0.3 is 0 Å². The van der Waals surface area contributed by atoms with Crippen molar-refractivity contribution in [2.45, 2.75) is 13.8 Å². The zero-order valence-electron chi connectivity index (χ0n) is 14.1. The quantitative estimate of drug-likeness (QED) is 0.924. The Morgan fingerprint density at radius 2 is 1.92 bits per heavy atom. The Morgan fingerprint density at radius 3 is 2.67 bits per heavy atom. The number of amides is 2. The maximum atomic E-state index is 12.4. The van der Waals surface area contributed by atoms with Crippen LogP contribution >= 0.6 is 0 Å². The van der Waals surface area contributed by atoms with Gasteiger partial charge in [-0.05, 0) is 55.3 Å². The highest BCUT2D eigenvalue weighted by Gasteiger charge is 2.21. The highest BCUT2D eigenvalue weighted by molar-refractivity contribution is 6.05. The van der Waals surface area contributed by atoms with E-state index in [9.17, 15) is 9.59 Å². The number of carbonyl (C=O) groups excluding carboxylic acids is 2. The number of nitrogens with zero attached hydrogens (tertiary/aromatic N) is 1. The number of likely N-dealkylation sites (N-methyl/N-ethyl adjacent to an activating group) is 1. The Bertz CT molecular complexity index is 814. The molecule has 124 valence electrons. The van der Waals surface area contributed by atoms with E-state index in [1.807, 2.05) is 26.0 Å². The molecule has 3 rings (SSSR count). The van der Waals surface area contributed by atoms with E-state index in [2.05, 4.69) is 5.32 Å². The SMILES string of the molecule is Cc1ccc(C(=O)Nc2ccc3c(c2)C(=O)N(C)CCO3)cc1C. The standard InChI is InChI=1S/C19H20N2O3/c1-12-4-5-14(10-13(12)2)18(22)20-15-6-7-17-16(11-15)19(23)21(3)8-9-24-17/h4-7,10-11H,8-9H2,1-3H3,(H,20,22). The number of benzene rings is 2. The summed E-state index contributed by atoms with van der Waals surface area (Å²) in [5.74, 6) is 0.242. The number of nitrogens with one attached hydrogen (secondary N) is 1. The third-order valence-corrected chi connectivity index (χ3v) is 4.27. The number of aryl methyl sites for hydroxylation is 2. The number of hydrogen-bond donors (Lipinski definition) is 1. The second kappa shape index (κ2) is 6.35. The van der Waals surface area contributed by atoms with E-state index in [4.69, 9.17) is 4.74 Å². The lowest BCUT2D eigenvalue weighted by Gasteiger charge is -2.13. The van der Waals surface area contributed by atoms with Gasteiger partial charge < -0.3 is 15.0 Å². The monoisotopic (exact) mass is 324 g/mol. The number of carbonyl (C=O) groups is 2. The van der Waals surface area contributed by atoms with Crippen LogP contribution < -0.4 is 10.1 Å². The van der Waals surface area contributed by atoms with Crippen molar-refractivity contribution in [1.82, 2.24) is 4.90 Å². The fourth-order valence-corrected chi connectivity index (χ4v) is 2.59. The zero-order valence-corrected chi connectivity index (χ0v) is 14.1. The van der Waals surface area contributed by atoms with E-state index in [0.29, 0.717) is 35.7 Å². The molecule has 2 aromatic rings. The van der Waals surface area contributed by atoms with Crippen LogP contribution in [0.2, 0.25) is 0 Å². The van der Waals surface area contributed by atoms with Crippen LogP contribution in [0.4, 0.5) is 5.69 Å². The number of anilines is 1. The average molecular weight is 324 g/mol. The molecular formula is C19H20N2O3. The van der Waals surface area contributed by atoms with Crippen LogP contribution in [0.25, 0.3) is 0 Å². The molecule has 1 aliphatic heterocycles. The van der Waals surface area contributed by atoms with Crippen LogP contribution in [0.5, 0.6) is 5.75 Å². The van der Waals surface area contributed by atoms with Gasteiger partial charge in [0.25, 0.3) is 11.8 Å². The van der Waals surface area contributed by atoms with Crippen LogP contribution in [0.1, 0.15) is 31.8 Å². The van der Waals surface area contributed by atoms with Crippen molar-refractivity contribution < 1.29 is 14.3 Å². The van der Waals surface area contributed by atoms with Crippen molar-refractivity contribution in [3.05, 3.63) is 58.7 Å². The minimum atomic E-state index is -0.201. The molecule has 0 atom stereocenters. The first-order chi connectivity index (χ1) is 11.5. The van der Waals surface area contributed by atoms with Gasteiger partial charge in [-0.1, -0.05) is 6.07 Å². The molecule has 0 aliphatic carbocycles. The summed E-state index contributed by atoms with van der Waals surface area (Å²) in [5.41, 5.74) is 3.84. The molecule has 24 heavy (non-hydrogen) atoms. The lowest BCUT2D eigenvalue weighted by Crippen LogP contribution is -2.27. The summed E-state index contributed by atoms with van der Waals surface area (Å²) >= 11 is 0. The van der Waals surface area contributed by atoms with Gasteiger partial charge in [-0.15, -0.1) is 0 Å². The summed E-state index contributed by atoms with van der Waals surface area (Å²) in [6, 6.07) is 10.7. The zero-order chi connectivity index (χ0) is 17.3. The van der Waals surface area contributed by atoms with Gasteiger partial charge in [-0.25, -0.2) is 0 Å². The maximum absolute atomic E-state index is 12.4. The lowest BCUT2D eigenvalue weighted by molar-refractivity contribution is 0.0796. The Hall–Kier alpha value is -2.82. The molecule has 0 spiro atoms. The van der Waals surface area contributed by atoms with Crippen LogP contribution in [-0.4, -0.2) is 36.9 Å². The van der Waals surface area contributed by atoms with Crippen molar-refractivity contribution in [2.24, 2.45) is 0 Å². The predicted octanol–water partition coefficient (Wildman–Crippen LogP) is 3.02. The summed E-state index contributed by atoms with van der Waals surface area (Å²) < 4.78 is 5.59. The number of fused-ring (bicyclic) bond motifs is 1. The second-order valence-electron chi connectivity index (χ2n) is 6.04. The van der Waals surface area contributed by atoms with Gasteiger partial charge in [0.15, 0.2) is 0 Å². The molecule has 0 bridgehead atoms. The van der Waals surface area contributed by atoms with Crippen molar-refractivity contribution >= 4 is 17.5 Å². The molecule has 0 saturated heterocycles. The van der Waals surface area contributed by atoms with E-state index in [0.717, 1.165) is 11.1 Å². The Morgan fingerprint density at radius 1 is 1.12 bits per heavy atom. The molecule has 1 aliphatic rings. The van der Waals surface area contributed by atoms with Crippen LogP contribution in [0.15, 0.2) is 36.4 Å². The first-order valence-corrected chi connectivity index (χ1v) is 7.86. The minimum Gasteiger partial charge on any atom is -0.491 e. The van der Waals surface area contributed by atoms with Crippen LogP contribution in [-0.2, 0) is 0 Å². The van der Waals surface area contributed by atoms with E-state index < -0.39 is 0 Å². The van der Waals surface area contributed by atoms with Crippen molar-refractivity contribution in [2.75, 3.05) is 25.5 Å². The van der Waals surface area contributed by atoms with E-state index in [-0.39, 0.29) is 11.8 Å². The first-order valence-electron chi connectivity index (χ1n) is 7.86. The third kappa shape index (κ3) is 3.11. The third-order valence-electron chi connectivity index (χ3n) is 4.27. The fourth-order valence-electron chi connectivity index (χ4n) is 2.59. The van der Waals surface area contributed by atoms with Gasteiger partial charge in [0, 0.05) is 18.3 Å². The number of ether oxygens (including phenoxy) is 1. The van der Waals surface area contributed by atoms with Gasteiger partial charge in [0.05, 0.1) is 12.1 Å². The van der Waals surface area contributed by atoms with Crippen LogP contribution in [0, 0.1) is 13.8 Å². The molecule has 0 saturated carbocycles. The normalized spacial score (nSPS) is 13.8. The van der Waals surface area contributed by atoms with Crippen LogP contribution in [0.3, 0.4) is 0 Å². The smallest absolute Gasteiger partial charge is 0.257 e. The molecule has 2 amide bonds. The Balaban J connectivity index is 1.85. The number of hydrogen-bond acceptors (Lipinski definition) is 3. The Labute approximate surface area is 141 Å². The van der Waals surface area contributed by atoms with Gasteiger partial charge in [0.2, 0.25) is 0 Å². The molecule has 2 aromatic carbocycles. The summed E-state index contributed by atoms with van der Waals surface area (Å²) in [5, 5.41) is 2.85. The predicted molar refractivity (Wildman–Crippen MR) is 92.8 cm³/mol. The summed E-state index contributed by atoms with van der Waals surface area (Å²) in [4.78, 5) is 26.4. The number of rotatable bonds is 2. The Kier molecular flexibility index (Phi) is 4.25. The summed E-state index contributed by atoms with van der Waals surface area (Å²) in [7, 11) is 1.74. The molecule has 0 fully saturated rings. The maximum Gasteiger partial charge on any atom is 0.257 e. The molecule has 0 unspecified atom stereocenters.